The highest BCUT2D eigenvalue weighted by molar-refractivity contribution is 9.10. The smallest absolute Gasteiger partial charge is 0.254 e. The topological polar surface area (TPSA) is 44.3 Å². The molecule has 98 valence electrons. The van der Waals surface area contributed by atoms with E-state index in [1.165, 1.54) is 0 Å². The second-order valence-electron chi connectivity index (χ2n) is 4.35. The van der Waals surface area contributed by atoms with E-state index in [9.17, 15) is 0 Å². The summed E-state index contributed by atoms with van der Waals surface area (Å²) in [4.78, 5) is 4.55. The summed E-state index contributed by atoms with van der Waals surface area (Å²) in [6.45, 7) is 4.07. The first-order valence-electron chi connectivity index (χ1n) is 5.86. The molecule has 0 N–H and O–H groups in total. The quantitative estimate of drug-likeness (QED) is 0.729. The van der Waals surface area contributed by atoms with Gasteiger partial charge in [-0.3, -0.25) is 4.57 Å². The van der Waals surface area contributed by atoms with Gasteiger partial charge in [-0.1, -0.05) is 15.9 Å². The fourth-order valence-electron chi connectivity index (χ4n) is 2.14. The van der Waals surface area contributed by atoms with Crippen molar-refractivity contribution < 1.29 is 4.74 Å². The molecule has 3 heterocycles. The van der Waals surface area contributed by atoms with E-state index in [0.29, 0.717) is 11.8 Å². The van der Waals surface area contributed by atoms with E-state index < -0.39 is 0 Å². The lowest BCUT2D eigenvalue weighted by Crippen LogP contribution is -2.02. The first-order valence-corrected chi connectivity index (χ1v) is 6.65. The number of nitrogens with zero attached hydrogens (tertiary/aromatic N) is 4. The minimum absolute atomic E-state index is 0.644. The Morgan fingerprint density at radius 3 is 2.47 bits per heavy atom. The Bertz CT molecular complexity index is 740. The molecule has 3 aromatic rings. The molecular weight excluding hydrogens is 308 g/mol. The number of methoxy groups -OCH3 is 1. The van der Waals surface area contributed by atoms with Gasteiger partial charge in [-0.05, 0) is 32.0 Å². The minimum atomic E-state index is 0.644. The summed E-state index contributed by atoms with van der Waals surface area (Å²) in [6.07, 6.45) is 0. The predicted octanol–water partition coefficient (Wildman–Crippen LogP) is 2.91. The minimum Gasteiger partial charge on any atom is -0.481 e. The summed E-state index contributed by atoms with van der Waals surface area (Å²) in [7, 11) is 1.62. The van der Waals surface area contributed by atoms with E-state index in [1.807, 2.05) is 42.7 Å². The van der Waals surface area contributed by atoms with Gasteiger partial charge in [-0.15, -0.1) is 5.10 Å². The van der Waals surface area contributed by atoms with Crippen LogP contribution in [0, 0.1) is 13.8 Å². The molecule has 0 aliphatic rings. The van der Waals surface area contributed by atoms with Gasteiger partial charge in [0, 0.05) is 21.9 Å². The lowest BCUT2D eigenvalue weighted by molar-refractivity contribution is 0.385. The largest absolute Gasteiger partial charge is 0.481 e. The van der Waals surface area contributed by atoms with E-state index in [4.69, 9.17) is 4.74 Å². The van der Waals surface area contributed by atoms with E-state index in [0.717, 1.165) is 21.5 Å². The lowest BCUT2D eigenvalue weighted by Gasteiger charge is -2.03. The number of ether oxygens (including phenoxy) is 1. The van der Waals surface area contributed by atoms with Crippen molar-refractivity contribution >= 4 is 21.6 Å². The van der Waals surface area contributed by atoms with E-state index in [-0.39, 0.29) is 0 Å². The normalized spacial score (nSPS) is 11.2. The van der Waals surface area contributed by atoms with E-state index in [1.54, 1.807) is 11.6 Å². The molecule has 0 unspecified atom stereocenters. The van der Waals surface area contributed by atoms with Crippen LogP contribution >= 0.6 is 15.9 Å². The molecule has 3 aromatic heterocycles. The van der Waals surface area contributed by atoms with Crippen LogP contribution in [0.3, 0.4) is 0 Å². The third kappa shape index (κ3) is 1.92. The molecule has 0 atom stereocenters. The van der Waals surface area contributed by atoms with Crippen molar-refractivity contribution in [3.8, 4) is 11.8 Å². The molecule has 0 saturated heterocycles. The predicted molar refractivity (Wildman–Crippen MR) is 76.0 cm³/mol. The van der Waals surface area contributed by atoms with Crippen LogP contribution in [0.25, 0.3) is 11.6 Å². The molecule has 5 nitrogen and oxygen atoms in total. The fourth-order valence-corrected chi connectivity index (χ4v) is 2.54. The second kappa shape index (κ2) is 4.38. The van der Waals surface area contributed by atoms with Gasteiger partial charge in [0.05, 0.1) is 7.11 Å². The summed E-state index contributed by atoms with van der Waals surface area (Å²) in [5.41, 5.74) is 2.95. The molecule has 0 amide bonds. The molecule has 0 saturated carbocycles. The zero-order valence-corrected chi connectivity index (χ0v) is 12.5. The van der Waals surface area contributed by atoms with Crippen LogP contribution in [0.1, 0.15) is 11.4 Å². The summed E-state index contributed by atoms with van der Waals surface area (Å²) in [5.74, 6) is 1.29. The van der Waals surface area contributed by atoms with Crippen LogP contribution in [-0.4, -0.2) is 26.3 Å². The van der Waals surface area contributed by atoms with Gasteiger partial charge in [0.1, 0.15) is 0 Å². The van der Waals surface area contributed by atoms with Crippen molar-refractivity contribution in [3.05, 3.63) is 40.1 Å². The van der Waals surface area contributed by atoms with Crippen molar-refractivity contribution in [2.45, 2.75) is 13.8 Å². The first kappa shape index (κ1) is 12.2. The maximum Gasteiger partial charge on any atom is 0.254 e. The summed E-state index contributed by atoms with van der Waals surface area (Å²) in [6, 6.07) is 7.87. The van der Waals surface area contributed by atoms with Gasteiger partial charge in [-0.2, -0.15) is 9.50 Å². The Labute approximate surface area is 119 Å². The number of rotatable bonds is 2. The third-order valence-electron chi connectivity index (χ3n) is 3.04. The zero-order chi connectivity index (χ0) is 13.6. The Kier molecular flexibility index (Phi) is 2.82. The van der Waals surface area contributed by atoms with Crippen LogP contribution in [0.5, 0.6) is 5.88 Å². The number of fused-ring (bicyclic) bond motifs is 1. The number of aromatic nitrogens is 4. The Hall–Kier alpha value is -1.82. The third-order valence-corrected chi connectivity index (χ3v) is 3.50. The molecule has 0 aromatic carbocycles. The van der Waals surface area contributed by atoms with Crippen LogP contribution in [0.15, 0.2) is 28.7 Å². The van der Waals surface area contributed by atoms with E-state index >= 15 is 0 Å². The van der Waals surface area contributed by atoms with Crippen molar-refractivity contribution in [3.63, 3.8) is 0 Å². The lowest BCUT2D eigenvalue weighted by atomic mass is 10.5. The fraction of sp³-hybridized carbons (Fsp3) is 0.231. The standard InChI is InChI=1S/C13H13BrN4O/c1-8-4-5-9(2)17(8)13-15-11-6-10(14)7-12(19-3)18(11)16-13/h4-7H,1-3H3. The number of pyridine rings is 1. The monoisotopic (exact) mass is 320 g/mol. The van der Waals surface area contributed by atoms with E-state index in [2.05, 4.69) is 26.0 Å². The van der Waals surface area contributed by atoms with Crippen molar-refractivity contribution in [1.29, 1.82) is 0 Å². The van der Waals surface area contributed by atoms with Gasteiger partial charge < -0.3 is 4.74 Å². The molecule has 6 heteroatoms. The molecule has 0 aliphatic carbocycles. The Morgan fingerprint density at radius 2 is 1.84 bits per heavy atom. The van der Waals surface area contributed by atoms with Crippen molar-refractivity contribution in [2.24, 2.45) is 0 Å². The first-order chi connectivity index (χ1) is 9.10. The maximum atomic E-state index is 5.32. The van der Waals surface area contributed by atoms with Crippen LogP contribution in [0.4, 0.5) is 0 Å². The molecule has 19 heavy (non-hydrogen) atoms. The number of aryl methyl sites for hydroxylation is 2. The number of hydrogen-bond acceptors (Lipinski definition) is 3. The van der Waals surface area contributed by atoms with Gasteiger partial charge in [0.15, 0.2) is 5.65 Å². The highest BCUT2D eigenvalue weighted by atomic mass is 79.9. The molecule has 3 rings (SSSR count). The summed E-state index contributed by atoms with van der Waals surface area (Å²) < 4.78 is 9.94. The van der Waals surface area contributed by atoms with Crippen molar-refractivity contribution in [1.82, 2.24) is 19.2 Å². The molecule has 0 radical (unpaired) electrons. The molecular formula is C13H13BrN4O. The highest BCUT2D eigenvalue weighted by Gasteiger charge is 2.13. The second-order valence-corrected chi connectivity index (χ2v) is 5.26. The summed E-state index contributed by atoms with van der Waals surface area (Å²) >= 11 is 3.44. The zero-order valence-electron chi connectivity index (χ0n) is 10.9. The molecule has 0 bridgehead atoms. The van der Waals surface area contributed by atoms with Gasteiger partial charge in [0.25, 0.3) is 5.95 Å². The van der Waals surface area contributed by atoms with Crippen LogP contribution in [0.2, 0.25) is 0 Å². The molecule has 0 spiro atoms. The molecule has 0 aliphatic heterocycles. The van der Waals surface area contributed by atoms with Gasteiger partial charge >= 0.3 is 0 Å². The number of hydrogen-bond donors (Lipinski definition) is 0. The average molecular weight is 321 g/mol. The SMILES string of the molecule is COc1cc(Br)cc2nc(-n3c(C)ccc3C)nn12. The van der Waals surface area contributed by atoms with Crippen molar-refractivity contribution in [2.75, 3.05) is 7.11 Å². The average Bonchev–Trinajstić information content (AvgIpc) is 2.91. The Morgan fingerprint density at radius 1 is 1.16 bits per heavy atom. The molecule has 0 fully saturated rings. The van der Waals surface area contributed by atoms with Gasteiger partial charge in [0.2, 0.25) is 5.88 Å². The maximum absolute atomic E-state index is 5.32. The van der Waals surface area contributed by atoms with Gasteiger partial charge in [-0.25, -0.2) is 0 Å². The number of halogens is 1. The van der Waals surface area contributed by atoms with Crippen LogP contribution in [-0.2, 0) is 0 Å². The highest BCUT2D eigenvalue weighted by Crippen LogP contribution is 2.22. The van der Waals surface area contributed by atoms with Crippen LogP contribution < -0.4 is 4.74 Å². The Balaban J connectivity index is 2.28. The summed E-state index contributed by atoms with van der Waals surface area (Å²) in [5, 5.41) is 4.51.